The van der Waals surface area contributed by atoms with Gasteiger partial charge in [0, 0.05) is 21.5 Å². The molecule has 1 saturated carbocycles. The molecule has 0 radical (unpaired) electrons. The third kappa shape index (κ3) is 3.41. The van der Waals surface area contributed by atoms with Crippen molar-refractivity contribution in [1.29, 1.82) is 0 Å². The molecule has 1 aliphatic carbocycles. The molecule has 2 nitrogen and oxygen atoms in total. The number of carbonyl (C=O) groups excluding carboxylic acids is 1. The van der Waals surface area contributed by atoms with Crippen LogP contribution in [0.2, 0.25) is 0 Å². The van der Waals surface area contributed by atoms with Gasteiger partial charge in [0.05, 0.1) is 0 Å². The standard InChI is InChI=1S/C21H24BrNO/c1-14(2)16-4-6-17(7-5-16)20(24)23-15(3)21(12-13-21)18-8-10-19(22)11-9-18/h4-11,14-15H,12-13H2,1-3H3,(H,23,24). The Morgan fingerprint density at radius 2 is 1.58 bits per heavy atom. The van der Waals surface area contributed by atoms with Gasteiger partial charge in [-0.15, -0.1) is 0 Å². The number of benzene rings is 2. The predicted octanol–water partition coefficient (Wildman–Crippen LogP) is 5.42. The minimum Gasteiger partial charge on any atom is -0.349 e. The lowest BCUT2D eigenvalue weighted by Crippen LogP contribution is -2.41. The second-order valence-corrected chi connectivity index (χ2v) is 8.05. The first kappa shape index (κ1) is 17.2. The third-order valence-electron chi connectivity index (χ3n) is 5.22. The van der Waals surface area contributed by atoms with Crippen LogP contribution in [0.4, 0.5) is 0 Å². The minimum atomic E-state index is 0.0150. The number of nitrogens with one attached hydrogen (secondary N) is 1. The van der Waals surface area contributed by atoms with Crippen LogP contribution < -0.4 is 5.32 Å². The Hall–Kier alpha value is -1.61. The maximum absolute atomic E-state index is 12.6. The first-order valence-corrected chi connectivity index (χ1v) is 9.38. The predicted molar refractivity (Wildman–Crippen MR) is 103 cm³/mol. The average Bonchev–Trinajstić information content (AvgIpc) is 3.37. The maximum Gasteiger partial charge on any atom is 0.251 e. The van der Waals surface area contributed by atoms with E-state index < -0.39 is 0 Å². The summed E-state index contributed by atoms with van der Waals surface area (Å²) in [6, 6.07) is 16.6. The van der Waals surface area contributed by atoms with Crippen LogP contribution in [0, 0.1) is 0 Å². The van der Waals surface area contributed by atoms with Gasteiger partial charge in [-0.25, -0.2) is 0 Å². The van der Waals surface area contributed by atoms with E-state index in [0.29, 0.717) is 5.92 Å². The molecule has 1 unspecified atom stereocenters. The van der Waals surface area contributed by atoms with Crippen LogP contribution >= 0.6 is 15.9 Å². The number of hydrogen-bond acceptors (Lipinski definition) is 1. The Bertz CT molecular complexity index is 715. The molecule has 0 saturated heterocycles. The SMILES string of the molecule is CC(C)c1ccc(C(=O)NC(C)C2(c3ccc(Br)cc3)CC2)cc1. The highest BCUT2D eigenvalue weighted by molar-refractivity contribution is 9.10. The summed E-state index contributed by atoms with van der Waals surface area (Å²) in [5.74, 6) is 0.495. The molecule has 126 valence electrons. The third-order valence-corrected chi connectivity index (χ3v) is 5.75. The van der Waals surface area contributed by atoms with Crippen molar-refractivity contribution < 1.29 is 4.79 Å². The fraction of sp³-hybridized carbons (Fsp3) is 0.381. The highest BCUT2D eigenvalue weighted by atomic mass is 79.9. The Kier molecular flexibility index (Phi) is 4.82. The van der Waals surface area contributed by atoms with Crippen molar-refractivity contribution in [2.75, 3.05) is 0 Å². The lowest BCUT2D eigenvalue weighted by atomic mass is 9.89. The van der Waals surface area contributed by atoms with Crippen LogP contribution in [0.15, 0.2) is 53.0 Å². The molecule has 1 atom stereocenters. The van der Waals surface area contributed by atoms with Crippen molar-refractivity contribution in [3.05, 3.63) is 69.7 Å². The first-order chi connectivity index (χ1) is 11.4. The van der Waals surface area contributed by atoms with Crippen LogP contribution in [0.25, 0.3) is 0 Å². The Labute approximate surface area is 152 Å². The van der Waals surface area contributed by atoms with Gasteiger partial charge >= 0.3 is 0 Å². The summed E-state index contributed by atoms with van der Waals surface area (Å²) >= 11 is 3.49. The molecule has 1 aliphatic rings. The van der Waals surface area contributed by atoms with E-state index in [1.54, 1.807) is 0 Å². The number of carbonyl (C=O) groups is 1. The highest BCUT2D eigenvalue weighted by Crippen LogP contribution is 2.51. The van der Waals surface area contributed by atoms with Crippen molar-refractivity contribution in [3.8, 4) is 0 Å². The van der Waals surface area contributed by atoms with E-state index in [2.05, 4.69) is 66.3 Å². The highest BCUT2D eigenvalue weighted by Gasteiger charge is 2.49. The van der Waals surface area contributed by atoms with Crippen LogP contribution in [-0.2, 0) is 5.41 Å². The van der Waals surface area contributed by atoms with Crippen molar-refractivity contribution in [1.82, 2.24) is 5.32 Å². The molecule has 3 rings (SSSR count). The van der Waals surface area contributed by atoms with Crippen LogP contribution in [0.3, 0.4) is 0 Å². The smallest absolute Gasteiger partial charge is 0.251 e. The fourth-order valence-electron chi connectivity index (χ4n) is 3.33. The number of rotatable bonds is 5. The quantitative estimate of drug-likeness (QED) is 0.730. The minimum absolute atomic E-state index is 0.0150. The summed E-state index contributed by atoms with van der Waals surface area (Å²) in [5.41, 5.74) is 3.40. The number of halogens is 1. The molecule has 0 heterocycles. The molecule has 0 aromatic heterocycles. The summed E-state index contributed by atoms with van der Waals surface area (Å²) in [5, 5.41) is 3.21. The second kappa shape index (κ2) is 6.72. The summed E-state index contributed by atoms with van der Waals surface area (Å²) in [6.07, 6.45) is 2.25. The van der Waals surface area contributed by atoms with Crippen molar-refractivity contribution in [2.45, 2.75) is 51.0 Å². The van der Waals surface area contributed by atoms with Gasteiger partial charge in [0.1, 0.15) is 0 Å². The number of amides is 1. The summed E-state index contributed by atoms with van der Waals surface area (Å²) in [4.78, 5) is 12.6. The molecule has 0 aliphatic heterocycles. The van der Waals surface area contributed by atoms with Crippen LogP contribution in [0.5, 0.6) is 0 Å². The zero-order valence-corrected chi connectivity index (χ0v) is 16.1. The summed E-state index contributed by atoms with van der Waals surface area (Å²) < 4.78 is 1.09. The zero-order valence-electron chi connectivity index (χ0n) is 14.5. The van der Waals surface area contributed by atoms with Gasteiger partial charge in [-0.1, -0.05) is 54.0 Å². The molecule has 2 aromatic rings. The van der Waals surface area contributed by atoms with Crippen LogP contribution in [0.1, 0.15) is 61.0 Å². The Morgan fingerprint density at radius 3 is 2.08 bits per heavy atom. The van der Waals surface area contributed by atoms with Gasteiger partial charge in [0.2, 0.25) is 0 Å². The van der Waals surface area contributed by atoms with Gasteiger partial charge in [-0.05, 0) is 61.1 Å². The van der Waals surface area contributed by atoms with Crippen molar-refractivity contribution in [2.24, 2.45) is 0 Å². The van der Waals surface area contributed by atoms with E-state index in [1.807, 2.05) is 24.3 Å². The number of hydrogen-bond donors (Lipinski definition) is 1. The van der Waals surface area contributed by atoms with E-state index in [-0.39, 0.29) is 17.4 Å². The topological polar surface area (TPSA) is 29.1 Å². The lowest BCUT2D eigenvalue weighted by Gasteiger charge is -2.25. The van der Waals surface area contributed by atoms with Crippen LogP contribution in [-0.4, -0.2) is 11.9 Å². The van der Waals surface area contributed by atoms with Gasteiger partial charge in [-0.3, -0.25) is 4.79 Å². The Balaban J connectivity index is 1.71. The largest absolute Gasteiger partial charge is 0.349 e. The van der Waals surface area contributed by atoms with Gasteiger partial charge in [0.15, 0.2) is 0 Å². The lowest BCUT2D eigenvalue weighted by molar-refractivity contribution is 0.0932. The first-order valence-electron chi connectivity index (χ1n) is 8.59. The normalized spacial score (nSPS) is 16.7. The summed E-state index contributed by atoms with van der Waals surface area (Å²) in [7, 11) is 0. The molecular weight excluding hydrogens is 362 g/mol. The molecule has 2 aromatic carbocycles. The fourth-order valence-corrected chi connectivity index (χ4v) is 3.59. The van der Waals surface area contributed by atoms with Gasteiger partial charge in [-0.2, -0.15) is 0 Å². The molecule has 0 bridgehead atoms. The second-order valence-electron chi connectivity index (χ2n) is 7.13. The molecule has 1 N–H and O–H groups in total. The van der Waals surface area contributed by atoms with E-state index in [0.717, 1.165) is 22.9 Å². The summed E-state index contributed by atoms with van der Waals surface area (Å²) in [6.45, 7) is 6.44. The van der Waals surface area contributed by atoms with Gasteiger partial charge in [0.25, 0.3) is 5.91 Å². The molecule has 3 heteroatoms. The monoisotopic (exact) mass is 385 g/mol. The zero-order chi connectivity index (χ0) is 17.3. The molecule has 0 spiro atoms. The van der Waals surface area contributed by atoms with Crippen molar-refractivity contribution >= 4 is 21.8 Å². The van der Waals surface area contributed by atoms with E-state index in [4.69, 9.17) is 0 Å². The molecule has 1 amide bonds. The van der Waals surface area contributed by atoms with E-state index >= 15 is 0 Å². The molecule has 24 heavy (non-hydrogen) atoms. The Morgan fingerprint density at radius 1 is 1.00 bits per heavy atom. The average molecular weight is 386 g/mol. The molecule has 1 fully saturated rings. The van der Waals surface area contributed by atoms with Crippen molar-refractivity contribution in [3.63, 3.8) is 0 Å². The molecular formula is C21H24BrNO. The van der Waals surface area contributed by atoms with E-state index in [1.165, 1.54) is 11.1 Å². The maximum atomic E-state index is 12.6. The van der Waals surface area contributed by atoms with E-state index in [9.17, 15) is 4.79 Å². The van der Waals surface area contributed by atoms with Gasteiger partial charge < -0.3 is 5.32 Å².